The van der Waals surface area contributed by atoms with Crippen LogP contribution in [-0.2, 0) is 17.8 Å². The van der Waals surface area contributed by atoms with Crippen molar-refractivity contribution in [2.45, 2.75) is 19.0 Å². The predicted molar refractivity (Wildman–Crippen MR) is 111 cm³/mol. The Labute approximate surface area is 164 Å². The van der Waals surface area contributed by atoms with Crippen molar-refractivity contribution in [1.82, 2.24) is 9.80 Å². The molecule has 0 radical (unpaired) electrons. The zero-order chi connectivity index (χ0) is 18.6. The van der Waals surface area contributed by atoms with E-state index in [2.05, 4.69) is 52.7 Å². The van der Waals surface area contributed by atoms with Gasteiger partial charge in [-0.05, 0) is 34.6 Å². The second-order valence-corrected chi connectivity index (χ2v) is 8.07. The number of hydrogen-bond donors (Lipinski definition) is 0. The fraction of sp³-hybridized carbons (Fsp3) is 0.261. The molecule has 0 fully saturated rings. The summed E-state index contributed by atoms with van der Waals surface area (Å²) in [6.07, 6.45) is 1.02. The van der Waals surface area contributed by atoms with Crippen LogP contribution in [0.5, 0.6) is 0 Å². The van der Waals surface area contributed by atoms with Crippen LogP contribution >= 0.6 is 11.3 Å². The number of likely N-dealkylation sites (N-methyl/N-ethyl adjacent to an activating group) is 1. The highest BCUT2D eigenvalue weighted by molar-refractivity contribution is 7.10. The Balaban J connectivity index is 1.52. The van der Waals surface area contributed by atoms with Gasteiger partial charge in [0, 0.05) is 25.0 Å². The summed E-state index contributed by atoms with van der Waals surface area (Å²) in [5, 5.41) is 2.17. The van der Waals surface area contributed by atoms with E-state index in [1.54, 1.807) is 0 Å². The van der Waals surface area contributed by atoms with Crippen molar-refractivity contribution in [1.29, 1.82) is 0 Å². The van der Waals surface area contributed by atoms with E-state index in [9.17, 15) is 4.79 Å². The van der Waals surface area contributed by atoms with Crippen molar-refractivity contribution in [3.8, 4) is 0 Å². The maximum atomic E-state index is 12.9. The summed E-state index contributed by atoms with van der Waals surface area (Å²) in [6.45, 7) is 2.00. The van der Waals surface area contributed by atoms with Crippen LogP contribution in [0.15, 0.2) is 72.1 Å². The number of hydrogen-bond acceptors (Lipinski definition) is 3. The van der Waals surface area contributed by atoms with E-state index in [4.69, 9.17) is 0 Å². The lowest BCUT2D eigenvalue weighted by Crippen LogP contribution is -2.43. The van der Waals surface area contributed by atoms with Gasteiger partial charge in [-0.15, -0.1) is 11.3 Å². The maximum absolute atomic E-state index is 12.9. The molecule has 1 aliphatic rings. The highest BCUT2D eigenvalue weighted by Crippen LogP contribution is 2.37. The van der Waals surface area contributed by atoms with Crippen molar-refractivity contribution in [2.24, 2.45) is 0 Å². The van der Waals surface area contributed by atoms with E-state index in [1.165, 1.54) is 16.0 Å². The molecule has 0 spiro atoms. The monoisotopic (exact) mass is 376 g/mol. The largest absolute Gasteiger partial charge is 0.340 e. The van der Waals surface area contributed by atoms with Gasteiger partial charge in [-0.25, -0.2) is 0 Å². The van der Waals surface area contributed by atoms with Gasteiger partial charge in [-0.2, -0.15) is 0 Å². The molecular formula is C23H24N2OS. The molecule has 0 saturated carbocycles. The summed E-state index contributed by atoms with van der Waals surface area (Å²) in [7, 11) is 1.90. The molecular weight excluding hydrogens is 352 g/mol. The lowest BCUT2D eigenvalue weighted by atomic mass is 9.93. The van der Waals surface area contributed by atoms with Crippen LogP contribution in [0.2, 0.25) is 0 Å². The van der Waals surface area contributed by atoms with Gasteiger partial charge < -0.3 is 4.90 Å². The minimum absolute atomic E-state index is 0.162. The predicted octanol–water partition coefficient (Wildman–Crippen LogP) is 4.35. The van der Waals surface area contributed by atoms with Crippen LogP contribution in [0.4, 0.5) is 0 Å². The molecule has 0 N–H and O–H groups in total. The number of benzene rings is 2. The van der Waals surface area contributed by atoms with Gasteiger partial charge in [0.15, 0.2) is 0 Å². The third-order valence-electron chi connectivity index (χ3n) is 5.21. The molecule has 1 aromatic heterocycles. The molecule has 1 amide bonds. The minimum Gasteiger partial charge on any atom is -0.340 e. The van der Waals surface area contributed by atoms with Crippen molar-refractivity contribution in [2.75, 3.05) is 20.1 Å². The highest BCUT2D eigenvalue weighted by Gasteiger charge is 2.31. The third kappa shape index (κ3) is 3.97. The Bertz CT molecular complexity index is 891. The van der Waals surface area contributed by atoms with E-state index in [1.807, 2.05) is 47.5 Å². The lowest BCUT2D eigenvalue weighted by molar-refractivity contribution is -0.132. The Kier molecular flexibility index (Phi) is 5.37. The summed E-state index contributed by atoms with van der Waals surface area (Å²) in [4.78, 5) is 18.5. The second kappa shape index (κ2) is 8.07. The van der Waals surface area contributed by atoms with Crippen molar-refractivity contribution < 1.29 is 4.79 Å². The van der Waals surface area contributed by atoms with E-state index < -0.39 is 0 Å². The van der Waals surface area contributed by atoms with Gasteiger partial charge >= 0.3 is 0 Å². The summed E-state index contributed by atoms with van der Waals surface area (Å²) < 4.78 is 0. The highest BCUT2D eigenvalue weighted by atomic mass is 32.1. The maximum Gasteiger partial charge on any atom is 0.236 e. The van der Waals surface area contributed by atoms with Crippen LogP contribution < -0.4 is 0 Å². The molecule has 3 aromatic rings. The number of rotatable bonds is 5. The number of carbonyl (C=O) groups excluding carboxylic acids is 1. The zero-order valence-corrected chi connectivity index (χ0v) is 16.4. The molecule has 2 aromatic carbocycles. The second-order valence-electron chi connectivity index (χ2n) is 7.07. The van der Waals surface area contributed by atoms with Gasteiger partial charge in [0.25, 0.3) is 0 Å². The molecule has 4 rings (SSSR count). The van der Waals surface area contributed by atoms with E-state index >= 15 is 0 Å². The Morgan fingerprint density at radius 1 is 1.07 bits per heavy atom. The quantitative estimate of drug-likeness (QED) is 0.661. The first-order valence-electron chi connectivity index (χ1n) is 9.35. The first-order valence-corrected chi connectivity index (χ1v) is 10.2. The molecule has 4 heteroatoms. The third-order valence-corrected chi connectivity index (χ3v) is 6.20. The van der Waals surface area contributed by atoms with Gasteiger partial charge in [0.05, 0.1) is 12.6 Å². The van der Waals surface area contributed by atoms with Gasteiger partial charge in [0.1, 0.15) is 0 Å². The van der Waals surface area contributed by atoms with Crippen molar-refractivity contribution >= 4 is 17.2 Å². The number of amides is 1. The molecule has 0 aliphatic carbocycles. The average Bonchev–Trinajstić information content (AvgIpc) is 3.18. The standard InChI is InChI=1S/C23H24N2OS/c1-24(16-18-8-4-2-5-9-18)22(26)17-25-14-12-21-20(13-15-27-21)23(25)19-10-6-3-7-11-19/h2-11,13,15,23H,12,14,16-17H2,1H3. The summed E-state index contributed by atoms with van der Waals surface area (Å²) in [6, 6.07) is 23.1. The number of carbonyl (C=O) groups is 1. The number of nitrogens with zero attached hydrogens (tertiary/aromatic N) is 2. The Morgan fingerprint density at radius 3 is 2.52 bits per heavy atom. The number of thiophene rings is 1. The summed E-state index contributed by atoms with van der Waals surface area (Å²) in [5.74, 6) is 0.165. The molecule has 1 atom stereocenters. The number of fused-ring (bicyclic) bond motifs is 1. The van der Waals surface area contributed by atoms with Crippen molar-refractivity contribution in [3.63, 3.8) is 0 Å². The van der Waals surface area contributed by atoms with E-state index in [0.29, 0.717) is 13.1 Å². The normalized spacial score (nSPS) is 16.7. The lowest BCUT2D eigenvalue weighted by Gasteiger charge is -2.36. The van der Waals surface area contributed by atoms with Crippen LogP contribution in [0, 0.1) is 0 Å². The van der Waals surface area contributed by atoms with Crippen molar-refractivity contribution in [3.05, 3.63) is 93.7 Å². The minimum atomic E-state index is 0.162. The van der Waals surface area contributed by atoms with Crippen LogP contribution in [0.25, 0.3) is 0 Å². The van der Waals surface area contributed by atoms with Gasteiger partial charge in [-0.3, -0.25) is 9.69 Å². The van der Waals surface area contributed by atoms with E-state index in [0.717, 1.165) is 18.5 Å². The fourth-order valence-corrected chi connectivity index (χ4v) is 4.71. The average molecular weight is 377 g/mol. The molecule has 2 heterocycles. The van der Waals surface area contributed by atoms with Crippen LogP contribution in [-0.4, -0.2) is 35.8 Å². The molecule has 1 unspecified atom stereocenters. The Morgan fingerprint density at radius 2 is 1.78 bits per heavy atom. The van der Waals surface area contributed by atoms with E-state index in [-0.39, 0.29) is 11.9 Å². The SMILES string of the molecule is CN(Cc1ccccc1)C(=O)CN1CCc2sccc2C1c1ccccc1. The van der Waals surface area contributed by atoms with Crippen LogP contribution in [0.3, 0.4) is 0 Å². The summed E-state index contributed by atoms with van der Waals surface area (Å²) >= 11 is 1.83. The molecule has 0 bridgehead atoms. The topological polar surface area (TPSA) is 23.6 Å². The molecule has 138 valence electrons. The first kappa shape index (κ1) is 18.0. The zero-order valence-electron chi connectivity index (χ0n) is 15.5. The van der Waals surface area contributed by atoms with Crippen LogP contribution in [0.1, 0.15) is 27.6 Å². The van der Waals surface area contributed by atoms with Gasteiger partial charge in [-0.1, -0.05) is 60.7 Å². The fourth-order valence-electron chi connectivity index (χ4n) is 3.80. The molecule has 1 aliphatic heterocycles. The smallest absolute Gasteiger partial charge is 0.236 e. The molecule has 0 saturated heterocycles. The van der Waals surface area contributed by atoms with Gasteiger partial charge in [0.2, 0.25) is 5.91 Å². The Hall–Kier alpha value is -2.43. The molecule has 3 nitrogen and oxygen atoms in total. The summed E-state index contributed by atoms with van der Waals surface area (Å²) in [5.41, 5.74) is 3.78. The first-order chi connectivity index (χ1) is 13.2. The molecule has 27 heavy (non-hydrogen) atoms.